The lowest BCUT2D eigenvalue weighted by Crippen LogP contribution is -2.49. The molecule has 6 rings (SSSR count). The lowest BCUT2D eigenvalue weighted by Gasteiger charge is -2.30. The predicted octanol–water partition coefficient (Wildman–Crippen LogP) is 8.60. The van der Waals surface area contributed by atoms with Gasteiger partial charge in [0.25, 0.3) is 0 Å². The molecule has 0 radical (unpaired) electrons. The third kappa shape index (κ3) is 11.6. The largest absolute Gasteiger partial charge is 0.488 e. The van der Waals surface area contributed by atoms with Gasteiger partial charge in [-0.05, 0) is 101 Å². The first kappa shape index (κ1) is 42.7. The van der Waals surface area contributed by atoms with Gasteiger partial charge in [0.05, 0.1) is 0 Å². The zero-order chi connectivity index (χ0) is 41.1. The molecule has 2 unspecified atom stereocenters. The molecule has 0 aliphatic carbocycles. The molecule has 0 saturated carbocycles. The van der Waals surface area contributed by atoms with Crippen LogP contribution in [0, 0.1) is 0 Å². The van der Waals surface area contributed by atoms with E-state index in [-0.39, 0.29) is 26.3 Å². The summed E-state index contributed by atoms with van der Waals surface area (Å²) in [5, 5.41) is 9.45. The maximum absolute atomic E-state index is 13.6. The average Bonchev–Trinajstić information content (AvgIpc) is 3.82. The zero-order valence-electron chi connectivity index (χ0n) is 34.1. The van der Waals surface area contributed by atoms with Crippen molar-refractivity contribution in [2.75, 3.05) is 38.8 Å². The molecule has 0 bridgehead atoms. The molecule has 0 saturated heterocycles. The Balaban J connectivity index is 1.14. The lowest BCUT2D eigenvalue weighted by atomic mass is 9.94. The number of ether oxygens (including phenoxy) is 4. The van der Waals surface area contributed by atoms with Crippen LogP contribution in [0.25, 0.3) is 21.8 Å². The number of benzene rings is 4. The van der Waals surface area contributed by atoms with Crippen LogP contribution in [0.4, 0.5) is 0 Å². The molecule has 2 atom stereocenters. The van der Waals surface area contributed by atoms with Gasteiger partial charge in [-0.3, -0.25) is 0 Å². The Hall–Kier alpha value is -4.88. The number of fused-ring (bicyclic) bond motifs is 2. The standard InChI is InChI=1S/C46H54N4O6S2/c1-45(2,23-31-25-47-37-17-9-7-15-35(31)37)49-27-33(29-53-39-19-11-13-21-41(39)57-5)55-43(51)44(52)56-34(30-54-40-20-12-14-22-42(40)58-6)28-50-46(3,4)24-32-26-48-38-18-10-8-16-36(32)38/h7-22,25-26,33-34,47-50H,23-24,27-30H2,1-6H3. The van der Waals surface area contributed by atoms with Gasteiger partial charge in [0.15, 0.2) is 0 Å². The molecule has 10 nitrogen and oxygen atoms in total. The van der Waals surface area contributed by atoms with Crippen molar-refractivity contribution in [1.29, 1.82) is 0 Å². The minimum atomic E-state index is -1.10. The maximum atomic E-state index is 13.6. The smallest absolute Gasteiger partial charge is 0.417 e. The van der Waals surface area contributed by atoms with Gasteiger partial charge in [0.1, 0.15) is 36.9 Å². The molecule has 12 heteroatoms. The molecule has 0 aliphatic rings. The van der Waals surface area contributed by atoms with E-state index in [2.05, 4.69) is 72.6 Å². The summed E-state index contributed by atoms with van der Waals surface area (Å²) < 4.78 is 24.2. The SMILES string of the molecule is CSc1ccccc1OCC(CNC(C)(C)Cc1c[nH]c2ccccc12)OC(=O)C(=O)OC(CNC(C)(C)Cc1c[nH]c2ccccc12)COc1ccccc1SC. The molecule has 2 heterocycles. The summed E-state index contributed by atoms with van der Waals surface area (Å²) in [6.07, 6.45) is 7.80. The number of aromatic amines is 2. The van der Waals surface area contributed by atoms with E-state index in [0.29, 0.717) is 24.3 Å². The molecule has 4 N–H and O–H groups in total. The molecular weight excluding hydrogens is 769 g/mol. The number of thioether (sulfide) groups is 2. The first-order chi connectivity index (χ1) is 27.9. The third-order valence-electron chi connectivity index (χ3n) is 9.93. The van der Waals surface area contributed by atoms with Crippen LogP contribution in [0.3, 0.4) is 0 Å². The number of para-hydroxylation sites is 4. The Labute approximate surface area is 349 Å². The zero-order valence-corrected chi connectivity index (χ0v) is 35.7. The Morgan fingerprint density at radius 1 is 0.586 bits per heavy atom. The topological polar surface area (TPSA) is 127 Å². The molecule has 0 fully saturated rings. The lowest BCUT2D eigenvalue weighted by molar-refractivity contribution is -0.175. The van der Waals surface area contributed by atoms with E-state index in [4.69, 9.17) is 18.9 Å². The van der Waals surface area contributed by atoms with Gasteiger partial charge in [-0.15, -0.1) is 23.5 Å². The highest BCUT2D eigenvalue weighted by Crippen LogP contribution is 2.29. The van der Waals surface area contributed by atoms with Crippen LogP contribution in [0.5, 0.6) is 11.5 Å². The fraction of sp³-hybridized carbons (Fsp3) is 0.348. The molecule has 0 spiro atoms. The van der Waals surface area contributed by atoms with Gasteiger partial charge < -0.3 is 39.5 Å². The van der Waals surface area contributed by atoms with Crippen LogP contribution in [0.15, 0.2) is 119 Å². The van der Waals surface area contributed by atoms with E-state index in [0.717, 1.165) is 31.6 Å². The highest BCUT2D eigenvalue weighted by molar-refractivity contribution is 7.99. The minimum absolute atomic E-state index is 0.0222. The van der Waals surface area contributed by atoms with Crippen LogP contribution in [0.2, 0.25) is 0 Å². The molecule has 2 aromatic heterocycles. The van der Waals surface area contributed by atoms with Gasteiger partial charge in [-0.25, -0.2) is 9.59 Å². The minimum Gasteiger partial charge on any atom is -0.488 e. The number of hydrogen-bond donors (Lipinski definition) is 4. The Bertz CT molecular complexity index is 2130. The second-order valence-electron chi connectivity index (χ2n) is 15.6. The summed E-state index contributed by atoms with van der Waals surface area (Å²) in [6.45, 7) is 8.89. The number of rotatable bonds is 20. The Morgan fingerprint density at radius 3 is 1.38 bits per heavy atom. The average molecular weight is 823 g/mol. The van der Waals surface area contributed by atoms with Gasteiger partial charge in [-0.1, -0.05) is 60.7 Å². The van der Waals surface area contributed by atoms with Crippen molar-refractivity contribution in [2.45, 2.75) is 73.6 Å². The van der Waals surface area contributed by atoms with E-state index in [1.54, 1.807) is 23.5 Å². The Morgan fingerprint density at radius 2 is 0.966 bits per heavy atom. The Kier molecular flexibility index (Phi) is 14.5. The molecule has 0 aliphatic heterocycles. The second kappa shape index (κ2) is 19.7. The molecule has 306 valence electrons. The second-order valence-corrected chi connectivity index (χ2v) is 17.3. The summed E-state index contributed by atoms with van der Waals surface area (Å²) in [7, 11) is 0. The van der Waals surface area contributed by atoms with E-state index >= 15 is 0 Å². The summed E-state index contributed by atoms with van der Waals surface area (Å²) in [5.41, 5.74) is 3.69. The highest BCUT2D eigenvalue weighted by Gasteiger charge is 2.30. The van der Waals surface area contributed by atoms with Crippen molar-refractivity contribution in [3.63, 3.8) is 0 Å². The first-order valence-corrected chi connectivity index (χ1v) is 21.9. The van der Waals surface area contributed by atoms with Crippen LogP contribution in [0.1, 0.15) is 38.8 Å². The number of esters is 2. The summed E-state index contributed by atoms with van der Waals surface area (Å²) in [4.78, 5) is 35.8. The van der Waals surface area contributed by atoms with Crippen molar-refractivity contribution in [1.82, 2.24) is 20.6 Å². The number of carbonyl (C=O) groups is 2. The van der Waals surface area contributed by atoms with E-state index in [1.165, 1.54) is 11.1 Å². The van der Waals surface area contributed by atoms with Crippen molar-refractivity contribution >= 4 is 57.3 Å². The van der Waals surface area contributed by atoms with Crippen molar-refractivity contribution < 1.29 is 28.5 Å². The van der Waals surface area contributed by atoms with Gasteiger partial charge >= 0.3 is 11.9 Å². The number of nitrogens with one attached hydrogen (secondary N) is 4. The summed E-state index contributed by atoms with van der Waals surface area (Å²) in [6, 6.07) is 31.8. The van der Waals surface area contributed by atoms with Gasteiger partial charge in [-0.2, -0.15) is 0 Å². The quantitative estimate of drug-likeness (QED) is 0.0338. The van der Waals surface area contributed by atoms with Gasteiger partial charge in [0.2, 0.25) is 0 Å². The summed E-state index contributed by atoms with van der Waals surface area (Å²) >= 11 is 3.12. The van der Waals surface area contributed by atoms with E-state index in [1.807, 2.05) is 97.7 Å². The van der Waals surface area contributed by atoms with Gasteiger partial charge in [0, 0.05) is 68.2 Å². The number of aromatic nitrogens is 2. The third-order valence-corrected chi connectivity index (χ3v) is 11.5. The van der Waals surface area contributed by atoms with E-state index < -0.39 is 35.2 Å². The first-order valence-electron chi connectivity index (χ1n) is 19.5. The maximum Gasteiger partial charge on any atom is 0.417 e. The fourth-order valence-corrected chi connectivity index (χ4v) is 8.01. The van der Waals surface area contributed by atoms with Crippen molar-refractivity contribution in [2.24, 2.45) is 0 Å². The molecule has 6 aromatic rings. The van der Waals surface area contributed by atoms with Crippen LogP contribution >= 0.6 is 23.5 Å². The highest BCUT2D eigenvalue weighted by atomic mass is 32.2. The normalized spacial score (nSPS) is 13.0. The summed E-state index contributed by atoms with van der Waals surface area (Å²) in [5.74, 6) is -0.868. The number of hydrogen-bond acceptors (Lipinski definition) is 10. The molecule has 0 amide bonds. The van der Waals surface area contributed by atoms with Crippen LogP contribution in [-0.2, 0) is 31.9 Å². The van der Waals surface area contributed by atoms with Crippen molar-refractivity contribution in [3.05, 3.63) is 121 Å². The van der Waals surface area contributed by atoms with E-state index in [9.17, 15) is 9.59 Å². The number of H-pyrrole nitrogens is 2. The van der Waals surface area contributed by atoms with Crippen LogP contribution in [-0.4, -0.2) is 84.0 Å². The predicted molar refractivity (Wildman–Crippen MR) is 235 cm³/mol. The molecule has 4 aromatic carbocycles. The number of carbonyl (C=O) groups excluding carboxylic acids is 2. The molecule has 58 heavy (non-hydrogen) atoms. The fourth-order valence-electron chi connectivity index (χ4n) is 6.92. The van der Waals surface area contributed by atoms with Crippen molar-refractivity contribution in [3.8, 4) is 11.5 Å². The van der Waals surface area contributed by atoms with Crippen LogP contribution < -0.4 is 20.1 Å². The monoisotopic (exact) mass is 822 g/mol. The molecular formula is C46H54N4O6S2.